The van der Waals surface area contributed by atoms with E-state index in [4.69, 9.17) is 28.7 Å². The molecule has 0 aliphatic rings. The van der Waals surface area contributed by atoms with E-state index in [-0.39, 0.29) is 44.0 Å². The van der Waals surface area contributed by atoms with E-state index in [9.17, 15) is 19.2 Å². The molecule has 0 aliphatic heterocycles. The highest BCUT2D eigenvalue weighted by Gasteiger charge is 2.30. The number of nitrogens with one attached hydrogen (secondary N) is 2. The van der Waals surface area contributed by atoms with Crippen molar-refractivity contribution < 1.29 is 19.2 Å². The average Bonchev–Trinajstić information content (AvgIpc) is 2.99. The molecule has 0 aliphatic carbocycles. The summed E-state index contributed by atoms with van der Waals surface area (Å²) in [7, 11) is 0. The van der Waals surface area contributed by atoms with Gasteiger partial charge in [0, 0.05) is 23.4 Å². The van der Waals surface area contributed by atoms with Crippen LogP contribution in [0, 0.1) is 5.92 Å². The maximum atomic E-state index is 13.7. The molecule has 0 aromatic heterocycles. The number of rotatable bonds is 20. The highest BCUT2D eigenvalue weighted by atomic mass is 79.9. The van der Waals surface area contributed by atoms with E-state index in [2.05, 4.69) is 31.6 Å². The topological polar surface area (TPSA) is 235 Å². The van der Waals surface area contributed by atoms with Crippen molar-refractivity contribution in [3.8, 4) is 0 Å². The first-order chi connectivity index (χ1) is 21.0. The zero-order valence-corrected chi connectivity index (χ0v) is 26.5. The van der Waals surface area contributed by atoms with Crippen molar-refractivity contribution in [2.24, 2.45) is 39.6 Å². The minimum Gasteiger partial charge on any atom is -0.370 e. The highest BCUT2D eigenvalue weighted by molar-refractivity contribution is 9.10. The van der Waals surface area contributed by atoms with Crippen LogP contribution in [0.5, 0.6) is 0 Å². The molecule has 0 unspecified atom stereocenters. The fourth-order valence-electron chi connectivity index (χ4n) is 4.67. The second-order valence-corrected chi connectivity index (χ2v) is 11.7. The number of nitrogens with zero attached hydrogens (tertiary/aromatic N) is 1. The summed E-state index contributed by atoms with van der Waals surface area (Å²) in [6.07, 6.45) is 2.56. The first-order valence-corrected chi connectivity index (χ1v) is 15.5. The Balaban J connectivity index is 2.25. The molecule has 2 rings (SSSR count). The zero-order valence-electron chi connectivity index (χ0n) is 24.9. The van der Waals surface area contributed by atoms with Crippen LogP contribution in [0.1, 0.15) is 49.7 Å². The lowest BCUT2D eigenvalue weighted by molar-refractivity contribution is -0.133. The molecule has 2 aromatic rings. The second-order valence-electron chi connectivity index (χ2n) is 10.8. The van der Waals surface area contributed by atoms with Crippen LogP contribution >= 0.6 is 15.9 Å². The van der Waals surface area contributed by atoms with Crippen LogP contribution in [0.3, 0.4) is 0 Å². The molecule has 2 aromatic carbocycles. The normalized spacial score (nSPS) is 13.6. The largest absolute Gasteiger partial charge is 0.370 e. The smallest absolute Gasteiger partial charge is 0.239 e. The Hall–Kier alpha value is -3.81. The number of hydrogen-bond donors (Lipinski definition) is 7. The number of benzene rings is 2. The van der Waals surface area contributed by atoms with Gasteiger partial charge >= 0.3 is 0 Å². The van der Waals surface area contributed by atoms with E-state index in [1.54, 1.807) is 0 Å². The molecule has 0 spiro atoms. The zero-order chi connectivity index (χ0) is 32.5. The first kappa shape index (κ1) is 36.4. The third-order valence-electron chi connectivity index (χ3n) is 7.11. The summed E-state index contributed by atoms with van der Waals surface area (Å²) in [5.41, 5.74) is 29.9. The fraction of sp³-hybridized carbons (Fsp3) is 0.452. The van der Waals surface area contributed by atoms with Gasteiger partial charge in [-0.15, -0.1) is 0 Å². The van der Waals surface area contributed by atoms with Gasteiger partial charge in [-0.2, -0.15) is 0 Å². The number of primary amides is 1. The van der Waals surface area contributed by atoms with Crippen molar-refractivity contribution >= 4 is 45.4 Å². The molecule has 0 saturated heterocycles. The van der Waals surface area contributed by atoms with Gasteiger partial charge in [0.25, 0.3) is 0 Å². The Morgan fingerprint density at radius 3 is 2.00 bits per heavy atom. The first-order valence-electron chi connectivity index (χ1n) is 14.7. The van der Waals surface area contributed by atoms with Gasteiger partial charge in [0.1, 0.15) is 6.04 Å². The van der Waals surface area contributed by atoms with Crippen molar-refractivity contribution in [1.29, 1.82) is 0 Å². The number of Topliss-reactive ketones (excluding diaryl/α,β-unsaturated/α-hetero) is 1. The van der Waals surface area contributed by atoms with Crippen molar-refractivity contribution in [2.75, 3.05) is 13.1 Å². The van der Waals surface area contributed by atoms with Crippen molar-refractivity contribution in [3.63, 3.8) is 0 Å². The van der Waals surface area contributed by atoms with Gasteiger partial charge in [-0.05, 0) is 74.8 Å². The molecular formula is C31H45BrN8O4. The van der Waals surface area contributed by atoms with Crippen LogP contribution in [0.25, 0.3) is 0 Å². The summed E-state index contributed by atoms with van der Waals surface area (Å²) in [6.45, 7) is 0.704. The Labute approximate surface area is 267 Å². The molecule has 240 valence electrons. The summed E-state index contributed by atoms with van der Waals surface area (Å²) >= 11 is 3.40. The highest BCUT2D eigenvalue weighted by Crippen LogP contribution is 2.19. The van der Waals surface area contributed by atoms with Crippen LogP contribution in [-0.4, -0.2) is 60.7 Å². The van der Waals surface area contributed by atoms with Gasteiger partial charge in [-0.1, -0.05) is 58.4 Å². The Kier molecular flexibility index (Phi) is 16.1. The molecule has 3 amide bonds. The Morgan fingerprint density at radius 1 is 0.773 bits per heavy atom. The van der Waals surface area contributed by atoms with Crippen LogP contribution < -0.4 is 39.3 Å². The SMILES string of the molecule is NCCCC[C@H](NC(=O)[C@@H](CC(=O)[C@@H](CCCN=C(N)N)NC(=O)[C@@H](N)Cc1ccccc1)Cc1ccc(Br)cc1)C(N)=O. The van der Waals surface area contributed by atoms with E-state index >= 15 is 0 Å². The van der Waals surface area contributed by atoms with Crippen LogP contribution in [0.4, 0.5) is 0 Å². The molecule has 0 radical (unpaired) electrons. The van der Waals surface area contributed by atoms with Crippen LogP contribution in [0.2, 0.25) is 0 Å². The summed E-state index contributed by atoms with van der Waals surface area (Å²) in [5, 5.41) is 5.52. The number of unbranched alkanes of at least 4 members (excludes halogenated alkanes) is 1. The summed E-state index contributed by atoms with van der Waals surface area (Å²) < 4.78 is 0.863. The number of ketones is 1. The Bertz CT molecular complexity index is 1240. The van der Waals surface area contributed by atoms with E-state index in [1.165, 1.54) is 0 Å². The monoisotopic (exact) mass is 672 g/mol. The van der Waals surface area contributed by atoms with E-state index in [0.29, 0.717) is 32.2 Å². The summed E-state index contributed by atoms with van der Waals surface area (Å²) in [6, 6.07) is 14.0. The summed E-state index contributed by atoms with van der Waals surface area (Å²) in [5.74, 6) is -2.91. The number of aliphatic imine (C=N–C) groups is 1. The molecule has 4 atom stereocenters. The van der Waals surface area contributed by atoms with Crippen molar-refractivity contribution in [2.45, 2.75) is 69.5 Å². The molecule has 0 heterocycles. The van der Waals surface area contributed by atoms with E-state index in [0.717, 1.165) is 15.6 Å². The molecule has 0 fully saturated rings. The number of carbonyl (C=O) groups is 4. The van der Waals surface area contributed by atoms with Gasteiger partial charge < -0.3 is 39.3 Å². The predicted molar refractivity (Wildman–Crippen MR) is 175 cm³/mol. The lowest BCUT2D eigenvalue weighted by Gasteiger charge is -2.24. The molecular weight excluding hydrogens is 628 g/mol. The number of carbonyl (C=O) groups excluding carboxylic acids is 4. The van der Waals surface area contributed by atoms with Gasteiger partial charge in [0.05, 0.1) is 12.1 Å². The lowest BCUT2D eigenvalue weighted by Crippen LogP contribution is -2.51. The van der Waals surface area contributed by atoms with Crippen LogP contribution in [-0.2, 0) is 32.0 Å². The standard InChI is InChI=1S/C31H45BrN8O4/c32-23-13-11-21(12-14-23)17-22(29(43)40-26(28(35)42)9-4-5-15-33)19-27(41)25(10-6-16-38-31(36)37)39-30(44)24(34)18-20-7-2-1-3-8-20/h1-3,7-8,11-14,22,24-26H,4-6,9-10,15-19,33-34H2,(H2,35,42)(H,39,44)(H,40,43)(H4,36,37,38)/t22-,24+,25-,26+/m1/s1. The maximum absolute atomic E-state index is 13.7. The average molecular weight is 674 g/mol. The number of nitrogens with two attached hydrogens (primary N) is 5. The number of guanidine groups is 1. The lowest BCUT2D eigenvalue weighted by atomic mass is 9.89. The molecule has 12 nitrogen and oxygen atoms in total. The van der Waals surface area contributed by atoms with Gasteiger partial charge in [0.15, 0.2) is 11.7 Å². The van der Waals surface area contributed by atoms with Gasteiger partial charge in [-0.3, -0.25) is 24.2 Å². The minimum absolute atomic E-state index is 0.0801. The van der Waals surface area contributed by atoms with Crippen LogP contribution in [0.15, 0.2) is 64.1 Å². The fourth-order valence-corrected chi connectivity index (χ4v) is 4.94. The third kappa shape index (κ3) is 13.7. The molecule has 12 N–H and O–H groups in total. The minimum atomic E-state index is -0.935. The number of amides is 3. The Morgan fingerprint density at radius 2 is 1.39 bits per heavy atom. The van der Waals surface area contributed by atoms with Crippen molar-refractivity contribution in [3.05, 3.63) is 70.2 Å². The summed E-state index contributed by atoms with van der Waals surface area (Å²) in [4.78, 5) is 56.4. The van der Waals surface area contributed by atoms with Gasteiger partial charge in [0.2, 0.25) is 17.7 Å². The van der Waals surface area contributed by atoms with E-state index < -0.39 is 41.8 Å². The molecule has 0 bridgehead atoms. The number of halogens is 1. The quantitative estimate of drug-likeness (QED) is 0.0601. The third-order valence-corrected chi connectivity index (χ3v) is 7.63. The predicted octanol–water partition coefficient (Wildman–Crippen LogP) is 0.775. The molecule has 13 heteroatoms. The van der Waals surface area contributed by atoms with Gasteiger partial charge in [-0.25, -0.2) is 0 Å². The van der Waals surface area contributed by atoms with E-state index in [1.807, 2.05) is 54.6 Å². The van der Waals surface area contributed by atoms with Crippen molar-refractivity contribution in [1.82, 2.24) is 10.6 Å². The molecule has 44 heavy (non-hydrogen) atoms. The second kappa shape index (κ2) is 19.5. The maximum Gasteiger partial charge on any atom is 0.239 e. The number of hydrogen-bond acceptors (Lipinski definition) is 7. The molecule has 0 saturated carbocycles.